The van der Waals surface area contributed by atoms with E-state index in [0.29, 0.717) is 34.1 Å². The summed E-state index contributed by atoms with van der Waals surface area (Å²) in [5.41, 5.74) is 1.17. The molecule has 2 heterocycles. The van der Waals surface area contributed by atoms with Gasteiger partial charge in [-0.1, -0.05) is 0 Å². The van der Waals surface area contributed by atoms with Crippen molar-refractivity contribution in [3.05, 3.63) is 45.9 Å². The van der Waals surface area contributed by atoms with E-state index < -0.39 is 0 Å². The zero-order chi connectivity index (χ0) is 16.2. The quantitative estimate of drug-likeness (QED) is 0.747. The van der Waals surface area contributed by atoms with Gasteiger partial charge in [-0.2, -0.15) is 0 Å². The number of aldehydes is 2. The van der Waals surface area contributed by atoms with Crippen LogP contribution in [0.4, 0.5) is 0 Å². The van der Waals surface area contributed by atoms with Crippen LogP contribution in [0.25, 0.3) is 0 Å². The highest BCUT2D eigenvalue weighted by Crippen LogP contribution is 2.36. The third-order valence-electron chi connectivity index (χ3n) is 3.15. The highest BCUT2D eigenvalue weighted by atomic mass is 79.9. The topological polar surface area (TPSA) is 71.1 Å². The molecule has 2 aromatic rings. The molecule has 118 valence electrons. The number of fused-ring (bicyclic) bond motifs is 2. The second-order valence-corrected chi connectivity index (χ2v) is 5.43. The lowest BCUT2D eigenvalue weighted by Gasteiger charge is -1.98. The molecule has 2 aliphatic heterocycles. The fourth-order valence-corrected chi connectivity index (χ4v) is 2.43. The predicted molar refractivity (Wildman–Crippen MR) is 83.6 cm³/mol. The van der Waals surface area contributed by atoms with Crippen LogP contribution in [0.5, 0.6) is 23.0 Å². The summed E-state index contributed by atoms with van der Waals surface area (Å²) in [7, 11) is 0. The van der Waals surface area contributed by atoms with Crippen LogP contribution in [-0.2, 0) is 0 Å². The Kier molecular flexibility index (Phi) is 4.47. The molecule has 2 aromatic carbocycles. The van der Waals surface area contributed by atoms with E-state index in [1.165, 1.54) is 0 Å². The Hall–Kier alpha value is -2.54. The number of hydrogen-bond donors (Lipinski definition) is 0. The standard InChI is InChI=1S/C8H5BrO3.C8H6O3/c9-6-2-8-7(11-4-12-8)1-5(6)3-10;9-4-6-1-2-7-8(3-6)11-5-10-7/h1-3H,4H2;1-4H,5H2. The molecule has 0 amide bonds. The molecule has 0 atom stereocenters. The Balaban J connectivity index is 0.000000136. The molecule has 0 N–H and O–H groups in total. The Morgan fingerprint density at radius 1 is 0.783 bits per heavy atom. The second kappa shape index (κ2) is 6.70. The minimum atomic E-state index is 0.226. The largest absolute Gasteiger partial charge is 0.454 e. The fraction of sp³-hybridized carbons (Fsp3) is 0.125. The van der Waals surface area contributed by atoms with Crippen LogP contribution < -0.4 is 18.9 Å². The number of carbonyl (C=O) groups is 2. The molecule has 0 saturated carbocycles. The summed E-state index contributed by atoms with van der Waals surface area (Å²) in [5.74, 6) is 2.65. The molecule has 0 unspecified atom stereocenters. The van der Waals surface area contributed by atoms with Crippen molar-refractivity contribution in [2.24, 2.45) is 0 Å². The first-order valence-electron chi connectivity index (χ1n) is 6.60. The van der Waals surface area contributed by atoms with Gasteiger partial charge in [0.05, 0.1) is 0 Å². The Labute approximate surface area is 140 Å². The molecule has 2 aliphatic rings. The summed E-state index contributed by atoms with van der Waals surface area (Å²) in [4.78, 5) is 20.8. The van der Waals surface area contributed by atoms with E-state index in [1.807, 2.05) is 0 Å². The maximum Gasteiger partial charge on any atom is 0.231 e. The summed E-state index contributed by atoms with van der Waals surface area (Å²) in [6, 6.07) is 8.47. The van der Waals surface area contributed by atoms with Gasteiger partial charge in [0.15, 0.2) is 29.3 Å². The fourth-order valence-electron chi connectivity index (χ4n) is 2.01. The Bertz CT molecular complexity index is 758. The number of ether oxygens (including phenoxy) is 4. The Morgan fingerprint density at radius 3 is 2.04 bits per heavy atom. The molecule has 0 aliphatic carbocycles. The van der Waals surface area contributed by atoms with Gasteiger partial charge in [0, 0.05) is 15.6 Å². The first-order valence-corrected chi connectivity index (χ1v) is 7.39. The lowest BCUT2D eigenvalue weighted by Crippen LogP contribution is -1.92. The lowest BCUT2D eigenvalue weighted by atomic mass is 10.2. The minimum absolute atomic E-state index is 0.226. The van der Waals surface area contributed by atoms with Crippen molar-refractivity contribution in [3.63, 3.8) is 0 Å². The van der Waals surface area contributed by atoms with E-state index in [2.05, 4.69) is 15.9 Å². The smallest absolute Gasteiger partial charge is 0.231 e. The minimum Gasteiger partial charge on any atom is -0.454 e. The van der Waals surface area contributed by atoms with Gasteiger partial charge in [-0.3, -0.25) is 9.59 Å². The number of rotatable bonds is 2. The van der Waals surface area contributed by atoms with Crippen LogP contribution >= 0.6 is 15.9 Å². The van der Waals surface area contributed by atoms with Crippen molar-refractivity contribution < 1.29 is 28.5 Å². The first-order chi connectivity index (χ1) is 11.2. The zero-order valence-electron chi connectivity index (χ0n) is 11.8. The summed E-state index contributed by atoms with van der Waals surface area (Å²) in [5, 5.41) is 0. The van der Waals surface area contributed by atoms with Gasteiger partial charge in [-0.25, -0.2) is 0 Å². The third-order valence-corrected chi connectivity index (χ3v) is 3.84. The van der Waals surface area contributed by atoms with Crippen LogP contribution in [0.15, 0.2) is 34.8 Å². The van der Waals surface area contributed by atoms with Crippen LogP contribution in [0.3, 0.4) is 0 Å². The van der Waals surface area contributed by atoms with Crippen molar-refractivity contribution in [3.8, 4) is 23.0 Å². The number of halogens is 1. The Morgan fingerprint density at radius 2 is 1.39 bits per heavy atom. The van der Waals surface area contributed by atoms with Crippen LogP contribution in [-0.4, -0.2) is 26.2 Å². The number of hydrogen-bond acceptors (Lipinski definition) is 6. The first kappa shape index (κ1) is 15.4. The van der Waals surface area contributed by atoms with Crippen LogP contribution in [0.2, 0.25) is 0 Å². The van der Waals surface area contributed by atoms with Crippen molar-refractivity contribution in [1.29, 1.82) is 0 Å². The SMILES string of the molecule is O=Cc1cc2c(cc1Br)OCO2.O=Cc1ccc2c(c1)OCO2. The maximum absolute atomic E-state index is 10.5. The normalized spacial score (nSPS) is 13.1. The third kappa shape index (κ3) is 3.29. The molecular weight excluding hydrogens is 368 g/mol. The van der Waals surface area contributed by atoms with Crippen molar-refractivity contribution in [2.45, 2.75) is 0 Å². The average molecular weight is 379 g/mol. The summed E-state index contributed by atoms with van der Waals surface area (Å²) < 4.78 is 21.0. The van der Waals surface area contributed by atoms with E-state index >= 15 is 0 Å². The molecule has 7 heteroatoms. The van der Waals surface area contributed by atoms with Crippen molar-refractivity contribution in [2.75, 3.05) is 13.6 Å². The van der Waals surface area contributed by atoms with Crippen LogP contribution in [0, 0.1) is 0 Å². The van der Waals surface area contributed by atoms with Gasteiger partial charge in [-0.05, 0) is 46.3 Å². The van der Waals surface area contributed by atoms with Crippen molar-refractivity contribution in [1.82, 2.24) is 0 Å². The molecule has 0 saturated heterocycles. The summed E-state index contributed by atoms with van der Waals surface area (Å²) in [6.45, 7) is 0.474. The summed E-state index contributed by atoms with van der Waals surface area (Å²) >= 11 is 3.24. The highest BCUT2D eigenvalue weighted by Gasteiger charge is 2.15. The van der Waals surface area contributed by atoms with E-state index in [4.69, 9.17) is 18.9 Å². The maximum atomic E-state index is 10.5. The molecule has 4 rings (SSSR count). The molecule has 0 spiro atoms. The number of benzene rings is 2. The van der Waals surface area contributed by atoms with Gasteiger partial charge in [0.25, 0.3) is 0 Å². The monoisotopic (exact) mass is 378 g/mol. The lowest BCUT2D eigenvalue weighted by molar-refractivity contribution is 0.111. The van der Waals surface area contributed by atoms with Gasteiger partial charge >= 0.3 is 0 Å². The van der Waals surface area contributed by atoms with Crippen molar-refractivity contribution >= 4 is 28.5 Å². The summed E-state index contributed by atoms with van der Waals surface area (Å²) in [6.07, 6.45) is 1.55. The molecule has 0 aromatic heterocycles. The van der Waals surface area contributed by atoms with Gasteiger partial charge in [0.2, 0.25) is 13.6 Å². The van der Waals surface area contributed by atoms with Gasteiger partial charge < -0.3 is 18.9 Å². The molecule has 0 radical (unpaired) electrons. The average Bonchev–Trinajstić information content (AvgIpc) is 3.22. The van der Waals surface area contributed by atoms with Gasteiger partial charge in [-0.15, -0.1) is 0 Å². The highest BCUT2D eigenvalue weighted by molar-refractivity contribution is 9.10. The molecular formula is C16H11BrO6. The van der Waals surface area contributed by atoms with Crippen LogP contribution in [0.1, 0.15) is 20.7 Å². The predicted octanol–water partition coefficient (Wildman–Crippen LogP) is 3.22. The molecule has 6 nitrogen and oxygen atoms in total. The van der Waals surface area contributed by atoms with E-state index in [9.17, 15) is 9.59 Å². The molecule has 23 heavy (non-hydrogen) atoms. The number of carbonyl (C=O) groups excluding carboxylic acids is 2. The van der Waals surface area contributed by atoms with Gasteiger partial charge in [0.1, 0.15) is 6.29 Å². The second-order valence-electron chi connectivity index (χ2n) is 4.58. The zero-order valence-corrected chi connectivity index (χ0v) is 13.4. The van der Waals surface area contributed by atoms with E-state index in [-0.39, 0.29) is 13.6 Å². The molecule has 0 fully saturated rings. The van der Waals surface area contributed by atoms with E-state index in [0.717, 1.165) is 17.0 Å². The molecule has 0 bridgehead atoms. The van der Waals surface area contributed by atoms with E-state index in [1.54, 1.807) is 30.3 Å².